The number of aromatic nitrogens is 2. The van der Waals surface area contributed by atoms with Crippen LogP contribution in [-0.2, 0) is 9.53 Å². The fraction of sp³-hybridized carbons (Fsp3) is 0.310. The smallest absolute Gasteiger partial charge is 0.340 e. The molecule has 39 heavy (non-hydrogen) atoms. The first-order valence-corrected chi connectivity index (χ1v) is 12.5. The van der Waals surface area contributed by atoms with E-state index in [0.29, 0.717) is 41.7 Å². The number of carbonyl (C=O) groups is 2. The fourth-order valence-corrected chi connectivity index (χ4v) is 4.52. The van der Waals surface area contributed by atoms with Crippen LogP contribution in [0, 0.1) is 6.92 Å². The van der Waals surface area contributed by atoms with Crippen molar-refractivity contribution in [1.29, 1.82) is 0 Å². The van der Waals surface area contributed by atoms with Crippen molar-refractivity contribution in [2.75, 3.05) is 39.4 Å². The molecule has 0 unspecified atom stereocenters. The normalized spacial score (nSPS) is 13.6. The van der Waals surface area contributed by atoms with E-state index in [9.17, 15) is 14.4 Å². The molecule has 204 valence electrons. The Kier molecular flexibility index (Phi) is 8.04. The van der Waals surface area contributed by atoms with Gasteiger partial charge in [0.1, 0.15) is 11.5 Å². The maximum absolute atomic E-state index is 13.6. The summed E-state index contributed by atoms with van der Waals surface area (Å²) in [7, 11) is 4.40. The first-order chi connectivity index (χ1) is 18.8. The minimum atomic E-state index is -0.651. The Morgan fingerprint density at radius 2 is 1.74 bits per heavy atom. The number of pyridine rings is 1. The van der Waals surface area contributed by atoms with Gasteiger partial charge in [0.15, 0.2) is 17.3 Å². The van der Waals surface area contributed by atoms with Gasteiger partial charge in [-0.25, -0.2) is 9.78 Å². The quantitative estimate of drug-likeness (QED) is 0.229. The molecule has 3 aromatic rings. The number of anilines is 1. The number of hydrogen-bond donors (Lipinski definition) is 0. The highest BCUT2D eigenvalue weighted by atomic mass is 16.5. The number of aryl methyl sites for hydroxylation is 1. The van der Waals surface area contributed by atoms with Crippen molar-refractivity contribution in [2.24, 2.45) is 0 Å². The van der Waals surface area contributed by atoms with E-state index in [0.717, 1.165) is 5.56 Å². The van der Waals surface area contributed by atoms with Gasteiger partial charge < -0.3 is 23.8 Å². The molecule has 1 aliphatic rings. The third kappa shape index (κ3) is 4.97. The van der Waals surface area contributed by atoms with Crippen LogP contribution in [0.1, 0.15) is 41.8 Å². The number of carbonyl (C=O) groups excluding carboxylic acids is 2. The Hall–Kier alpha value is -4.60. The van der Waals surface area contributed by atoms with Gasteiger partial charge in [-0.2, -0.15) is 0 Å². The molecular weight excluding hydrogens is 502 g/mol. The van der Waals surface area contributed by atoms with Gasteiger partial charge >= 0.3 is 5.97 Å². The summed E-state index contributed by atoms with van der Waals surface area (Å²) in [4.78, 5) is 46.9. The Morgan fingerprint density at radius 3 is 2.33 bits per heavy atom. The molecule has 0 fully saturated rings. The largest absolute Gasteiger partial charge is 0.493 e. The number of fused-ring (bicyclic) bond motifs is 2. The number of ketones is 1. The maximum atomic E-state index is 13.6. The Labute approximate surface area is 226 Å². The highest BCUT2D eigenvalue weighted by molar-refractivity contribution is 6.10. The monoisotopic (exact) mass is 533 g/mol. The molecule has 10 nitrogen and oxygen atoms in total. The molecule has 0 radical (unpaired) electrons. The van der Waals surface area contributed by atoms with E-state index >= 15 is 0 Å². The number of methoxy groups -OCH3 is 3. The zero-order valence-corrected chi connectivity index (χ0v) is 22.9. The maximum Gasteiger partial charge on any atom is 0.340 e. The van der Waals surface area contributed by atoms with Gasteiger partial charge in [0.05, 0.1) is 44.8 Å². The Balaban J connectivity index is 1.97. The molecule has 0 atom stereocenters. The molecule has 4 rings (SSSR count). The van der Waals surface area contributed by atoms with Crippen molar-refractivity contribution < 1.29 is 28.5 Å². The second-order valence-corrected chi connectivity index (χ2v) is 8.78. The van der Waals surface area contributed by atoms with E-state index < -0.39 is 11.8 Å². The minimum absolute atomic E-state index is 0.0881. The zero-order valence-electron chi connectivity index (χ0n) is 22.9. The first-order valence-electron chi connectivity index (χ1n) is 12.5. The second kappa shape index (κ2) is 11.4. The average molecular weight is 534 g/mol. The molecule has 0 aliphatic carbocycles. The molecule has 0 bridgehead atoms. The molecule has 0 spiro atoms. The summed E-state index contributed by atoms with van der Waals surface area (Å²) in [5, 5.41) is 0. The lowest BCUT2D eigenvalue weighted by atomic mass is 9.99. The number of ether oxygens (including phenoxy) is 4. The van der Waals surface area contributed by atoms with Crippen LogP contribution in [0.15, 0.2) is 52.6 Å². The number of rotatable bonds is 9. The van der Waals surface area contributed by atoms with Gasteiger partial charge in [-0.05, 0) is 50.1 Å². The van der Waals surface area contributed by atoms with Crippen LogP contribution in [0.4, 0.5) is 5.82 Å². The first kappa shape index (κ1) is 27.4. The molecule has 0 N–H and O–H groups in total. The van der Waals surface area contributed by atoms with Gasteiger partial charge in [0, 0.05) is 24.4 Å². The van der Waals surface area contributed by atoms with E-state index in [1.807, 2.05) is 19.9 Å². The minimum Gasteiger partial charge on any atom is -0.493 e. The molecule has 10 heteroatoms. The third-order valence-corrected chi connectivity index (χ3v) is 6.33. The van der Waals surface area contributed by atoms with Crippen molar-refractivity contribution >= 4 is 29.3 Å². The third-order valence-electron chi connectivity index (χ3n) is 6.33. The molecular formula is C29H31N3O7. The topological polar surface area (TPSA) is 109 Å². The molecule has 3 heterocycles. The van der Waals surface area contributed by atoms with Crippen LogP contribution >= 0.6 is 0 Å². The van der Waals surface area contributed by atoms with Gasteiger partial charge in [-0.15, -0.1) is 0 Å². The van der Waals surface area contributed by atoms with Gasteiger partial charge in [0.2, 0.25) is 5.75 Å². The summed E-state index contributed by atoms with van der Waals surface area (Å²) in [6.07, 6.45) is 5.10. The molecule has 1 aromatic carbocycles. The predicted octanol–water partition coefficient (Wildman–Crippen LogP) is 3.97. The number of allylic oxidation sites excluding steroid dienone is 1. The SMILES string of the molecule is CCCN1/C(=C\C(=O)c2cc(OC)c(OC)c(OC)c2)C(C(=O)OCC)=Cc2c1nc1c(C)cccn1c2=O. The van der Waals surface area contributed by atoms with Crippen molar-refractivity contribution in [3.05, 3.63) is 74.9 Å². The lowest BCUT2D eigenvalue weighted by Crippen LogP contribution is -2.35. The Bertz CT molecular complexity index is 1540. The summed E-state index contributed by atoms with van der Waals surface area (Å²) in [5.74, 6) is 0.279. The van der Waals surface area contributed by atoms with E-state index in [-0.39, 0.29) is 34.6 Å². The van der Waals surface area contributed by atoms with Gasteiger partial charge in [-0.1, -0.05) is 13.0 Å². The average Bonchev–Trinajstić information content (AvgIpc) is 2.94. The van der Waals surface area contributed by atoms with Crippen molar-refractivity contribution in [3.63, 3.8) is 0 Å². The van der Waals surface area contributed by atoms with E-state index in [1.165, 1.54) is 50.0 Å². The van der Waals surface area contributed by atoms with Gasteiger partial charge in [0.25, 0.3) is 5.56 Å². The summed E-state index contributed by atoms with van der Waals surface area (Å²) in [6, 6.07) is 6.71. The van der Waals surface area contributed by atoms with Crippen LogP contribution in [0.25, 0.3) is 11.7 Å². The van der Waals surface area contributed by atoms with E-state index in [2.05, 4.69) is 0 Å². The van der Waals surface area contributed by atoms with Crippen molar-refractivity contribution in [2.45, 2.75) is 27.2 Å². The highest BCUT2D eigenvalue weighted by Gasteiger charge is 2.32. The van der Waals surface area contributed by atoms with E-state index in [4.69, 9.17) is 23.9 Å². The van der Waals surface area contributed by atoms with Crippen LogP contribution in [-0.4, -0.2) is 55.6 Å². The summed E-state index contributed by atoms with van der Waals surface area (Å²) < 4.78 is 22.9. The van der Waals surface area contributed by atoms with Crippen molar-refractivity contribution in [3.8, 4) is 17.2 Å². The summed E-state index contributed by atoms with van der Waals surface area (Å²) in [5.41, 5.74) is 1.85. The molecule has 0 saturated heterocycles. The lowest BCUT2D eigenvalue weighted by molar-refractivity contribution is -0.138. The molecule has 0 saturated carbocycles. The van der Waals surface area contributed by atoms with Crippen LogP contribution in [0.2, 0.25) is 0 Å². The Morgan fingerprint density at radius 1 is 1.05 bits per heavy atom. The van der Waals surface area contributed by atoms with Crippen LogP contribution < -0.4 is 24.7 Å². The summed E-state index contributed by atoms with van der Waals surface area (Å²) in [6.45, 7) is 6.04. The van der Waals surface area contributed by atoms with Crippen LogP contribution in [0.3, 0.4) is 0 Å². The van der Waals surface area contributed by atoms with Crippen LogP contribution in [0.5, 0.6) is 17.2 Å². The molecule has 1 aliphatic heterocycles. The fourth-order valence-electron chi connectivity index (χ4n) is 4.52. The number of esters is 1. The molecule has 0 amide bonds. The van der Waals surface area contributed by atoms with Gasteiger partial charge in [-0.3, -0.25) is 14.0 Å². The standard InChI is InChI=1S/C29H31N3O7/c1-7-11-31-21(16-22(33)18-13-23(36-4)25(38-6)24(14-18)37-5)19(29(35)39-8-2)15-20-27(31)30-26-17(3)10-9-12-32(26)28(20)34/h9-10,12-16H,7-8,11H2,1-6H3/b21-16-. The highest BCUT2D eigenvalue weighted by Crippen LogP contribution is 2.39. The number of benzene rings is 1. The second-order valence-electron chi connectivity index (χ2n) is 8.78. The van der Waals surface area contributed by atoms with E-state index in [1.54, 1.807) is 24.1 Å². The van der Waals surface area contributed by atoms with Crippen molar-refractivity contribution in [1.82, 2.24) is 9.38 Å². The summed E-state index contributed by atoms with van der Waals surface area (Å²) >= 11 is 0. The number of nitrogens with zero attached hydrogens (tertiary/aromatic N) is 3. The number of hydrogen-bond acceptors (Lipinski definition) is 9. The predicted molar refractivity (Wildman–Crippen MR) is 147 cm³/mol. The molecule has 2 aromatic heterocycles. The zero-order chi connectivity index (χ0) is 28.3. The lowest BCUT2D eigenvalue weighted by Gasteiger charge is -2.32.